The Bertz CT molecular complexity index is 1590. The van der Waals surface area contributed by atoms with Gasteiger partial charge in [0.15, 0.2) is 17.4 Å². The van der Waals surface area contributed by atoms with Crippen molar-refractivity contribution in [2.24, 2.45) is 18.7 Å². The molecule has 0 bridgehead atoms. The summed E-state index contributed by atoms with van der Waals surface area (Å²) in [6.07, 6.45) is 3.00. The van der Waals surface area contributed by atoms with Gasteiger partial charge in [-0.2, -0.15) is 13.2 Å². The molecule has 1 aromatic heterocycles. The lowest BCUT2D eigenvalue weighted by molar-refractivity contribution is -0.135. The number of amides is 3. The molecular weight excluding hydrogens is 608 g/mol. The van der Waals surface area contributed by atoms with Crippen LogP contribution >= 0.6 is 11.6 Å². The molecule has 2 saturated heterocycles. The summed E-state index contributed by atoms with van der Waals surface area (Å²) in [4.78, 5) is 46.4. The fourth-order valence-corrected chi connectivity index (χ4v) is 5.75. The van der Waals surface area contributed by atoms with E-state index in [1.165, 1.54) is 29.8 Å². The van der Waals surface area contributed by atoms with Gasteiger partial charge in [-0.05, 0) is 49.6 Å². The number of ether oxygens (including phenoxy) is 1. The maximum absolute atomic E-state index is 14.6. The summed E-state index contributed by atoms with van der Waals surface area (Å²) in [6, 6.07) is 6.27. The second-order valence-electron chi connectivity index (χ2n) is 10.7. The SMILES string of the molecule is Cn1c(-c2ccc(OC(F)F)c(F)c2F)cnc1C(=O)Nc1ccc(C(=O)N2CCC(C(=O)N3CC[C@H](N)C3)CC2)c(Cl)c1. The van der Waals surface area contributed by atoms with Crippen LogP contribution in [0.1, 0.15) is 40.2 Å². The molecule has 0 aliphatic carbocycles. The number of likely N-dealkylation sites (tertiary alicyclic amines) is 2. The molecule has 0 spiro atoms. The van der Waals surface area contributed by atoms with E-state index in [2.05, 4.69) is 15.0 Å². The van der Waals surface area contributed by atoms with E-state index >= 15 is 0 Å². The number of piperidine rings is 1. The van der Waals surface area contributed by atoms with Crippen LogP contribution in [0.25, 0.3) is 11.3 Å². The van der Waals surface area contributed by atoms with E-state index in [-0.39, 0.29) is 57.1 Å². The minimum atomic E-state index is -3.34. The van der Waals surface area contributed by atoms with Crippen LogP contribution in [0.3, 0.4) is 0 Å². The molecule has 1 atom stereocenters. The summed E-state index contributed by atoms with van der Waals surface area (Å²) in [5.41, 5.74) is 6.09. The largest absolute Gasteiger partial charge is 0.432 e. The Morgan fingerprint density at radius 3 is 2.39 bits per heavy atom. The lowest BCUT2D eigenvalue weighted by Gasteiger charge is -2.33. The summed E-state index contributed by atoms with van der Waals surface area (Å²) in [5.74, 6) is -5.26. The maximum atomic E-state index is 14.6. The Labute approximate surface area is 254 Å². The minimum Gasteiger partial charge on any atom is -0.432 e. The zero-order chi connectivity index (χ0) is 31.7. The molecule has 2 aromatic carbocycles. The standard InChI is InChI=1S/C29H29ClF4N6O4/c1-38-21(19-4-5-22(44-29(33)34)24(32)23(19)31)13-36-25(38)26(41)37-17-2-3-18(20(30)12-17)28(43)39-9-6-15(7-10-39)27(42)40-11-8-16(35)14-40/h2-5,12-13,15-16,29H,6-11,14,35H2,1H3,(H,37,41)/t16-/m0/s1. The van der Waals surface area contributed by atoms with Gasteiger partial charge in [-0.3, -0.25) is 14.4 Å². The van der Waals surface area contributed by atoms with E-state index < -0.39 is 29.9 Å². The predicted octanol–water partition coefficient (Wildman–Crippen LogP) is 4.28. The van der Waals surface area contributed by atoms with Gasteiger partial charge in [0.1, 0.15) is 0 Å². The fourth-order valence-electron chi connectivity index (χ4n) is 5.49. The molecule has 2 fully saturated rings. The number of nitrogens with zero attached hydrogens (tertiary/aromatic N) is 4. The Hall–Kier alpha value is -4.17. The molecule has 0 unspecified atom stereocenters. The molecule has 2 aliphatic heterocycles. The summed E-state index contributed by atoms with van der Waals surface area (Å²) < 4.78 is 59.0. The van der Waals surface area contributed by atoms with Gasteiger partial charge in [-0.25, -0.2) is 9.37 Å². The van der Waals surface area contributed by atoms with Gasteiger partial charge in [0.25, 0.3) is 11.8 Å². The number of rotatable bonds is 7. The third-order valence-electron chi connectivity index (χ3n) is 7.86. The van der Waals surface area contributed by atoms with Crippen LogP contribution in [0.2, 0.25) is 5.02 Å². The van der Waals surface area contributed by atoms with Gasteiger partial charge in [0.05, 0.1) is 22.5 Å². The molecule has 234 valence electrons. The lowest BCUT2D eigenvalue weighted by atomic mass is 9.95. The molecule has 44 heavy (non-hydrogen) atoms. The first-order valence-electron chi connectivity index (χ1n) is 13.8. The molecule has 5 rings (SSSR count). The third-order valence-corrected chi connectivity index (χ3v) is 8.17. The molecule has 3 heterocycles. The topological polar surface area (TPSA) is 123 Å². The number of aromatic nitrogens is 2. The van der Waals surface area contributed by atoms with Crippen LogP contribution in [0.15, 0.2) is 36.5 Å². The highest BCUT2D eigenvalue weighted by atomic mass is 35.5. The van der Waals surface area contributed by atoms with Gasteiger partial charge < -0.3 is 30.2 Å². The highest BCUT2D eigenvalue weighted by molar-refractivity contribution is 6.34. The van der Waals surface area contributed by atoms with E-state index in [1.807, 2.05) is 0 Å². The normalized spacial score (nSPS) is 17.3. The van der Waals surface area contributed by atoms with Crippen LogP contribution in [-0.4, -0.2) is 75.9 Å². The van der Waals surface area contributed by atoms with Crippen LogP contribution in [0.5, 0.6) is 5.75 Å². The quantitative estimate of drug-likeness (QED) is 0.373. The number of benzene rings is 2. The first-order chi connectivity index (χ1) is 20.9. The highest BCUT2D eigenvalue weighted by Crippen LogP contribution is 2.31. The smallest absolute Gasteiger partial charge is 0.387 e. The number of carbonyl (C=O) groups is 3. The van der Waals surface area contributed by atoms with Gasteiger partial charge >= 0.3 is 6.61 Å². The zero-order valence-corrected chi connectivity index (χ0v) is 24.3. The summed E-state index contributed by atoms with van der Waals surface area (Å²) >= 11 is 6.42. The number of hydrogen-bond donors (Lipinski definition) is 2. The predicted molar refractivity (Wildman–Crippen MR) is 152 cm³/mol. The number of hydrogen-bond acceptors (Lipinski definition) is 6. The summed E-state index contributed by atoms with van der Waals surface area (Å²) in [5, 5.41) is 2.70. The van der Waals surface area contributed by atoms with Gasteiger partial charge in [0.2, 0.25) is 11.7 Å². The molecule has 3 amide bonds. The monoisotopic (exact) mass is 636 g/mol. The van der Waals surface area contributed by atoms with E-state index in [0.717, 1.165) is 24.8 Å². The highest BCUT2D eigenvalue weighted by Gasteiger charge is 2.33. The molecule has 15 heteroatoms. The van der Waals surface area contributed by atoms with E-state index in [9.17, 15) is 31.9 Å². The number of imidazole rings is 1. The van der Waals surface area contributed by atoms with Crippen LogP contribution < -0.4 is 15.8 Å². The number of alkyl halides is 2. The average Bonchev–Trinajstić information content (AvgIpc) is 3.60. The third kappa shape index (κ3) is 6.36. The first-order valence-corrected chi connectivity index (χ1v) is 14.2. The maximum Gasteiger partial charge on any atom is 0.387 e. The van der Waals surface area contributed by atoms with Crippen molar-refractivity contribution in [3.05, 3.63) is 64.6 Å². The zero-order valence-electron chi connectivity index (χ0n) is 23.5. The molecule has 3 N–H and O–H groups in total. The molecule has 10 nitrogen and oxygen atoms in total. The molecule has 0 radical (unpaired) electrons. The molecule has 3 aromatic rings. The van der Waals surface area contributed by atoms with E-state index in [0.29, 0.717) is 39.0 Å². The van der Waals surface area contributed by atoms with Crippen molar-refractivity contribution in [3.63, 3.8) is 0 Å². The number of nitrogens with two attached hydrogens (primary N) is 1. The number of carbonyl (C=O) groups excluding carboxylic acids is 3. The van der Waals surface area contributed by atoms with Crippen LogP contribution in [0, 0.1) is 17.6 Å². The fraction of sp³-hybridized carbons (Fsp3) is 0.379. The average molecular weight is 637 g/mol. The molecular formula is C29H29ClF4N6O4. The van der Waals surface area contributed by atoms with Crippen molar-refractivity contribution in [1.29, 1.82) is 0 Å². The lowest BCUT2D eigenvalue weighted by Crippen LogP contribution is -2.44. The Kier molecular flexibility index (Phi) is 9.11. The van der Waals surface area contributed by atoms with Crippen LogP contribution in [0.4, 0.5) is 23.2 Å². The van der Waals surface area contributed by atoms with Crippen molar-refractivity contribution in [2.45, 2.75) is 31.9 Å². The number of halogens is 5. The second-order valence-corrected chi connectivity index (χ2v) is 11.1. The van der Waals surface area contributed by atoms with Crippen molar-refractivity contribution in [2.75, 3.05) is 31.5 Å². The van der Waals surface area contributed by atoms with Crippen LogP contribution in [-0.2, 0) is 11.8 Å². The summed E-state index contributed by atoms with van der Waals surface area (Å²) in [7, 11) is 1.39. The van der Waals surface area contributed by atoms with Crippen molar-refractivity contribution < 1.29 is 36.7 Å². The van der Waals surface area contributed by atoms with Crippen molar-refractivity contribution >= 4 is 35.0 Å². The molecule has 0 saturated carbocycles. The first kappa shape index (κ1) is 31.3. The van der Waals surface area contributed by atoms with E-state index in [4.69, 9.17) is 17.3 Å². The van der Waals surface area contributed by atoms with Crippen molar-refractivity contribution in [3.8, 4) is 17.0 Å². The number of nitrogens with one attached hydrogen (secondary N) is 1. The van der Waals surface area contributed by atoms with Gasteiger partial charge in [-0.1, -0.05) is 11.6 Å². The summed E-state index contributed by atoms with van der Waals surface area (Å²) in [6.45, 7) is -1.31. The molecule has 2 aliphatic rings. The van der Waals surface area contributed by atoms with Gasteiger partial charge in [-0.15, -0.1) is 0 Å². The minimum absolute atomic E-state index is 0.00333. The second kappa shape index (κ2) is 12.8. The van der Waals surface area contributed by atoms with E-state index in [1.54, 1.807) is 9.80 Å². The number of anilines is 1. The Morgan fingerprint density at radius 2 is 1.75 bits per heavy atom. The van der Waals surface area contributed by atoms with Gasteiger partial charge in [0, 0.05) is 56.4 Å². The van der Waals surface area contributed by atoms with Crippen molar-refractivity contribution in [1.82, 2.24) is 19.4 Å². The Morgan fingerprint density at radius 1 is 1.05 bits per heavy atom. The Balaban J connectivity index is 1.22.